The fraction of sp³-hybridized carbons (Fsp3) is 0.400. The minimum Gasteiger partial charge on any atom is -0.459 e. The molecule has 0 aliphatic heterocycles. The molecule has 22 heavy (non-hydrogen) atoms. The fourth-order valence-corrected chi connectivity index (χ4v) is 3.88. The number of aryl methyl sites for hydroxylation is 1. The molecular weight excluding hydrogens is 336 g/mol. The predicted octanol–water partition coefficient (Wildman–Crippen LogP) is 4.41. The molecule has 0 aliphatic rings. The molecule has 1 aromatic heterocycles. The SMILES string of the molecule is Cc1ccccc1-n1nc(SCC(=O)OC(C)(C)C)sc1=S. The number of benzene rings is 1. The molecule has 2 aromatic rings. The second kappa shape index (κ2) is 6.93. The van der Waals surface area contributed by atoms with E-state index >= 15 is 0 Å². The summed E-state index contributed by atoms with van der Waals surface area (Å²) < 4.78 is 8.46. The topological polar surface area (TPSA) is 44.1 Å². The summed E-state index contributed by atoms with van der Waals surface area (Å²) in [5, 5.41) is 4.50. The number of nitrogens with zero attached hydrogens (tertiary/aromatic N) is 2. The number of carbonyl (C=O) groups excluding carboxylic acids is 1. The van der Waals surface area contributed by atoms with Crippen molar-refractivity contribution in [1.82, 2.24) is 9.78 Å². The average molecular weight is 355 g/mol. The molecule has 0 spiro atoms. The number of aromatic nitrogens is 2. The minimum absolute atomic E-state index is 0.229. The average Bonchev–Trinajstić information content (AvgIpc) is 2.76. The Hall–Kier alpha value is -1.18. The highest BCUT2D eigenvalue weighted by Gasteiger charge is 2.17. The van der Waals surface area contributed by atoms with Gasteiger partial charge in [0, 0.05) is 0 Å². The van der Waals surface area contributed by atoms with E-state index in [0.29, 0.717) is 3.95 Å². The zero-order valence-corrected chi connectivity index (χ0v) is 15.4. The van der Waals surface area contributed by atoms with Gasteiger partial charge in [0.15, 0.2) is 8.29 Å². The molecule has 0 unspecified atom stereocenters. The summed E-state index contributed by atoms with van der Waals surface area (Å²) in [6.45, 7) is 7.58. The number of ether oxygens (including phenoxy) is 1. The monoisotopic (exact) mass is 354 g/mol. The first kappa shape index (κ1) is 17.2. The molecule has 1 aromatic carbocycles. The fourth-order valence-electron chi connectivity index (χ4n) is 1.76. The zero-order valence-electron chi connectivity index (χ0n) is 13.0. The van der Waals surface area contributed by atoms with Gasteiger partial charge in [0.1, 0.15) is 5.60 Å². The van der Waals surface area contributed by atoms with Crippen molar-refractivity contribution in [2.45, 2.75) is 37.6 Å². The van der Waals surface area contributed by atoms with Gasteiger partial charge in [0.25, 0.3) is 0 Å². The van der Waals surface area contributed by atoms with Gasteiger partial charge in [-0.2, -0.15) is 0 Å². The van der Waals surface area contributed by atoms with Crippen LogP contribution in [-0.4, -0.2) is 27.1 Å². The first-order chi connectivity index (χ1) is 10.3. The summed E-state index contributed by atoms with van der Waals surface area (Å²) in [6, 6.07) is 7.93. The number of para-hydroxylation sites is 1. The van der Waals surface area contributed by atoms with E-state index in [2.05, 4.69) is 5.10 Å². The smallest absolute Gasteiger partial charge is 0.316 e. The van der Waals surface area contributed by atoms with E-state index in [9.17, 15) is 4.79 Å². The molecule has 1 heterocycles. The van der Waals surface area contributed by atoms with E-state index in [1.54, 1.807) is 4.68 Å². The van der Waals surface area contributed by atoms with Crippen molar-refractivity contribution in [3.05, 3.63) is 33.8 Å². The number of thioether (sulfide) groups is 1. The van der Waals surface area contributed by atoms with Crippen molar-refractivity contribution in [3.63, 3.8) is 0 Å². The van der Waals surface area contributed by atoms with Gasteiger partial charge in [-0.1, -0.05) is 41.3 Å². The Labute approximate surface area is 143 Å². The van der Waals surface area contributed by atoms with Crippen molar-refractivity contribution in [3.8, 4) is 5.69 Å². The highest BCUT2D eigenvalue weighted by atomic mass is 32.2. The van der Waals surface area contributed by atoms with Crippen molar-refractivity contribution in [2.75, 3.05) is 5.75 Å². The van der Waals surface area contributed by atoms with Crippen LogP contribution in [0.2, 0.25) is 0 Å². The lowest BCUT2D eigenvalue weighted by Gasteiger charge is -2.18. The quantitative estimate of drug-likeness (QED) is 0.462. The van der Waals surface area contributed by atoms with Gasteiger partial charge in [-0.05, 0) is 51.5 Å². The lowest BCUT2D eigenvalue weighted by Crippen LogP contribution is -2.24. The summed E-state index contributed by atoms with van der Waals surface area (Å²) in [4.78, 5) is 11.7. The maximum atomic E-state index is 11.7. The molecule has 0 saturated heterocycles. The first-order valence-corrected chi connectivity index (χ1v) is 8.98. The number of rotatable bonds is 4. The van der Waals surface area contributed by atoms with E-state index in [4.69, 9.17) is 17.0 Å². The van der Waals surface area contributed by atoms with Gasteiger partial charge >= 0.3 is 5.97 Å². The molecule has 4 nitrogen and oxygen atoms in total. The van der Waals surface area contributed by atoms with Crippen LogP contribution in [0.3, 0.4) is 0 Å². The largest absolute Gasteiger partial charge is 0.459 e. The molecule has 118 valence electrons. The molecule has 0 fully saturated rings. The summed E-state index contributed by atoms with van der Waals surface area (Å²) in [5.41, 5.74) is 1.60. The Morgan fingerprint density at radius 2 is 2.09 bits per heavy atom. The number of hydrogen-bond acceptors (Lipinski definition) is 6. The van der Waals surface area contributed by atoms with Crippen molar-refractivity contribution < 1.29 is 9.53 Å². The maximum absolute atomic E-state index is 11.7. The van der Waals surface area contributed by atoms with E-state index in [1.165, 1.54) is 23.1 Å². The van der Waals surface area contributed by atoms with Crippen LogP contribution in [0.15, 0.2) is 28.6 Å². The van der Waals surface area contributed by atoms with Crippen molar-refractivity contribution in [1.29, 1.82) is 0 Å². The van der Waals surface area contributed by atoms with Gasteiger partial charge in [-0.15, -0.1) is 5.10 Å². The second-order valence-corrected chi connectivity index (χ2v) is 8.55. The molecule has 0 saturated carbocycles. The molecule has 0 N–H and O–H groups in total. The van der Waals surface area contributed by atoms with Crippen LogP contribution in [-0.2, 0) is 9.53 Å². The van der Waals surface area contributed by atoms with Crippen LogP contribution in [0.5, 0.6) is 0 Å². The number of carbonyl (C=O) groups is 1. The molecular formula is C15H18N2O2S3. The number of hydrogen-bond donors (Lipinski definition) is 0. The molecule has 0 amide bonds. The second-order valence-electron chi connectivity index (χ2n) is 5.71. The molecule has 0 radical (unpaired) electrons. The summed E-state index contributed by atoms with van der Waals surface area (Å²) in [6.07, 6.45) is 0. The van der Waals surface area contributed by atoms with Crippen LogP contribution in [0.25, 0.3) is 5.69 Å². The van der Waals surface area contributed by atoms with Crippen LogP contribution >= 0.6 is 35.3 Å². The van der Waals surface area contributed by atoms with Crippen molar-refractivity contribution >= 4 is 41.3 Å². The lowest BCUT2D eigenvalue weighted by atomic mass is 10.2. The van der Waals surface area contributed by atoms with Gasteiger partial charge in [0.2, 0.25) is 0 Å². The Kier molecular flexibility index (Phi) is 5.41. The zero-order chi connectivity index (χ0) is 16.3. The highest BCUT2D eigenvalue weighted by molar-refractivity contribution is 8.01. The minimum atomic E-state index is -0.468. The van der Waals surface area contributed by atoms with Crippen LogP contribution in [0.1, 0.15) is 26.3 Å². The Bertz CT molecular complexity index is 729. The van der Waals surface area contributed by atoms with E-state index in [-0.39, 0.29) is 11.7 Å². The van der Waals surface area contributed by atoms with E-state index in [1.807, 2.05) is 52.0 Å². The standard InChI is InChI=1S/C15H18N2O2S3/c1-10-7-5-6-8-11(10)17-14(20)22-13(16-17)21-9-12(18)19-15(2,3)4/h5-8H,9H2,1-4H3. The summed E-state index contributed by atoms with van der Waals surface area (Å²) in [5.74, 6) is -0.0195. The third-order valence-corrected chi connectivity index (χ3v) is 4.95. The maximum Gasteiger partial charge on any atom is 0.316 e. The lowest BCUT2D eigenvalue weighted by molar-refractivity contribution is -0.151. The van der Waals surface area contributed by atoms with Crippen molar-refractivity contribution in [2.24, 2.45) is 0 Å². The third-order valence-electron chi connectivity index (χ3n) is 2.61. The molecule has 2 rings (SSSR count). The molecule has 0 aliphatic carbocycles. The van der Waals surface area contributed by atoms with E-state index < -0.39 is 5.60 Å². The van der Waals surface area contributed by atoms with Crippen LogP contribution in [0.4, 0.5) is 0 Å². The molecule has 0 bridgehead atoms. The van der Waals surface area contributed by atoms with Gasteiger partial charge in [0.05, 0.1) is 11.4 Å². The normalized spacial score (nSPS) is 11.5. The predicted molar refractivity (Wildman–Crippen MR) is 93.6 cm³/mol. The Morgan fingerprint density at radius 1 is 1.41 bits per heavy atom. The molecule has 7 heteroatoms. The summed E-state index contributed by atoms with van der Waals surface area (Å²) >= 11 is 8.12. The van der Waals surface area contributed by atoms with Gasteiger partial charge in [-0.3, -0.25) is 4.79 Å². The first-order valence-electron chi connectivity index (χ1n) is 6.77. The van der Waals surface area contributed by atoms with Gasteiger partial charge < -0.3 is 4.74 Å². The number of esters is 1. The van der Waals surface area contributed by atoms with E-state index in [0.717, 1.165) is 15.6 Å². The van der Waals surface area contributed by atoms with Crippen LogP contribution < -0.4 is 0 Å². The third kappa shape index (κ3) is 4.66. The van der Waals surface area contributed by atoms with Gasteiger partial charge in [-0.25, -0.2) is 4.68 Å². The molecule has 0 atom stereocenters. The van der Waals surface area contributed by atoms with Crippen LogP contribution in [0, 0.1) is 10.9 Å². The Morgan fingerprint density at radius 3 is 2.73 bits per heavy atom. The highest BCUT2D eigenvalue weighted by Crippen LogP contribution is 2.25. The summed E-state index contributed by atoms with van der Waals surface area (Å²) in [7, 11) is 0. The Balaban J connectivity index is 2.10.